The van der Waals surface area contributed by atoms with E-state index in [2.05, 4.69) is 5.32 Å². The number of hydrogen-bond acceptors (Lipinski definition) is 3. The normalized spacial score (nSPS) is 16.8. The zero-order chi connectivity index (χ0) is 9.94. The average Bonchev–Trinajstić information content (AvgIpc) is 1.85. The molecular weight excluding hydrogens is 183 g/mol. The largest absolute Gasteiger partial charge is 0.347 e. The van der Waals surface area contributed by atoms with Gasteiger partial charge in [0.05, 0.1) is 6.04 Å². The maximum atomic E-state index is 10.8. The average molecular weight is 196 g/mol. The van der Waals surface area contributed by atoms with E-state index in [-0.39, 0.29) is 0 Å². The summed E-state index contributed by atoms with van der Waals surface area (Å²) in [7, 11) is -4.24. The van der Waals surface area contributed by atoms with Gasteiger partial charge in [0.15, 0.2) is 0 Å². The molecule has 0 radical (unpaired) electrons. The fraction of sp³-hybridized carbons (Fsp3) is 0.800. The minimum Gasteiger partial charge on any atom is -0.341 e. The molecular formula is C5H13N2O4P. The lowest BCUT2D eigenvalue weighted by atomic mass is 10.3. The highest BCUT2D eigenvalue weighted by molar-refractivity contribution is 7.52. The predicted octanol–water partition coefficient (Wildman–Crippen LogP) is -1.03. The lowest BCUT2D eigenvalue weighted by molar-refractivity contribution is -0.122. The monoisotopic (exact) mass is 196 g/mol. The van der Waals surface area contributed by atoms with Crippen molar-refractivity contribution in [3.63, 3.8) is 0 Å². The molecule has 5 N–H and O–H groups in total. The predicted molar refractivity (Wildman–Crippen MR) is 43.3 cm³/mol. The second-order valence-electron chi connectivity index (χ2n) is 2.56. The topological polar surface area (TPSA) is 113 Å². The summed E-state index contributed by atoms with van der Waals surface area (Å²) >= 11 is 0. The highest BCUT2D eigenvalue weighted by atomic mass is 31.2. The van der Waals surface area contributed by atoms with Crippen LogP contribution in [-0.4, -0.2) is 27.5 Å². The Hall–Kier alpha value is -0.420. The van der Waals surface area contributed by atoms with Crippen molar-refractivity contribution < 1.29 is 19.1 Å². The summed E-state index contributed by atoms with van der Waals surface area (Å²) in [5.74, 6) is -1.76. The quantitative estimate of drug-likeness (QED) is 0.431. The summed E-state index contributed by atoms with van der Waals surface area (Å²) in [6.45, 7) is 2.66. The highest BCUT2D eigenvalue weighted by Crippen LogP contribution is 2.38. The van der Waals surface area contributed by atoms with Crippen LogP contribution in [-0.2, 0) is 9.36 Å². The Morgan fingerprint density at radius 1 is 1.50 bits per heavy atom. The summed E-state index contributed by atoms with van der Waals surface area (Å²) in [5.41, 5.74) is 5.16. The van der Waals surface area contributed by atoms with Crippen LogP contribution in [0.15, 0.2) is 0 Å². The summed E-state index contributed by atoms with van der Waals surface area (Å²) < 4.78 is 10.5. The zero-order valence-electron chi connectivity index (χ0n) is 6.89. The molecule has 0 aromatic rings. The SMILES string of the molecule is CC(NC(=O)[C@H](C)N)P(=O)(O)O. The molecule has 12 heavy (non-hydrogen) atoms. The van der Waals surface area contributed by atoms with E-state index >= 15 is 0 Å². The van der Waals surface area contributed by atoms with Gasteiger partial charge >= 0.3 is 7.60 Å². The van der Waals surface area contributed by atoms with Gasteiger partial charge in [-0.3, -0.25) is 9.36 Å². The van der Waals surface area contributed by atoms with Gasteiger partial charge in [0, 0.05) is 0 Å². The summed E-state index contributed by atoms with van der Waals surface area (Å²) in [6.07, 6.45) is 0. The maximum Gasteiger partial charge on any atom is 0.347 e. The van der Waals surface area contributed by atoms with E-state index in [4.69, 9.17) is 15.5 Å². The van der Waals surface area contributed by atoms with E-state index in [1.165, 1.54) is 13.8 Å². The van der Waals surface area contributed by atoms with E-state index in [0.29, 0.717) is 0 Å². The maximum absolute atomic E-state index is 10.8. The first kappa shape index (κ1) is 11.6. The zero-order valence-corrected chi connectivity index (χ0v) is 7.78. The number of rotatable bonds is 3. The molecule has 0 bridgehead atoms. The van der Waals surface area contributed by atoms with Crippen molar-refractivity contribution in [2.45, 2.75) is 25.7 Å². The van der Waals surface area contributed by atoms with Gasteiger partial charge in [-0.1, -0.05) is 0 Å². The summed E-state index contributed by atoms with van der Waals surface area (Å²) in [5, 5.41) is 2.09. The minimum absolute atomic E-state index is 0.578. The van der Waals surface area contributed by atoms with Crippen LogP contribution < -0.4 is 11.1 Å². The number of nitrogens with two attached hydrogens (primary N) is 1. The fourth-order valence-electron chi connectivity index (χ4n) is 0.421. The van der Waals surface area contributed by atoms with E-state index in [1.54, 1.807) is 0 Å². The van der Waals surface area contributed by atoms with Crippen molar-refractivity contribution in [2.75, 3.05) is 0 Å². The lowest BCUT2D eigenvalue weighted by Crippen LogP contribution is -2.42. The standard InChI is InChI=1S/C5H13N2O4P/c1-3(6)5(8)7-4(2)12(9,10)11/h3-4H,6H2,1-2H3,(H,7,8)(H2,9,10,11)/t3-,4?/m0/s1. The molecule has 0 saturated heterocycles. The molecule has 0 aliphatic heterocycles. The molecule has 1 amide bonds. The Bertz CT molecular complexity index is 211. The number of nitrogens with one attached hydrogen (secondary N) is 1. The Balaban J connectivity index is 4.11. The van der Waals surface area contributed by atoms with Gasteiger partial charge in [-0.05, 0) is 13.8 Å². The van der Waals surface area contributed by atoms with Crippen molar-refractivity contribution >= 4 is 13.5 Å². The van der Waals surface area contributed by atoms with Crippen LogP contribution in [0.4, 0.5) is 0 Å². The number of hydrogen-bond donors (Lipinski definition) is 4. The lowest BCUT2D eigenvalue weighted by Gasteiger charge is -2.16. The molecule has 0 saturated carbocycles. The molecule has 1 unspecified atom stereocenters. The van der Waals surface area contributed by atoms with Gasteiger partial charge < -0.3 is 20.8 Å². The second-order valence-corrected chi connectivity index (χ2v) is 4.52. The van der Waals surface area contributed by atoms with Crippen molar-refractivity contribution in [1.82, 2.24) is 5.32 Å². The van der Waals surface area contributed by atoms with Crippen molar-refractivity contribution in [3.8, 4) is 0 Å². The van der Waals surface area contributed by atoms with Crippen LogP contribution >= 0.6 is 7.60 Å². The van der Waals surface area contributed by atoms with Crippen LogP contribution in [0.3, 0.4) is 0 Å². The summed E-state index contributed by atoms with van der Waals surface area (Å²) in [4.78, 5) is 28.0. The molecule has 2 atom stereocenters. The van der Waals surface area contributed by atoms with Crippen molar-refractivity contribution in [2.24, 2.45) is 5.73 Å². The second kappa shape index (κ2) is 4.00. The number of carbonyl (C=O) groups excluding carboxylic acids is 1. The van der Waals surface area contributed by atoms with Crippen LogP contribution in [0.2, 0.25) is 0 Å². The first-order chi connectivity index (χ1) is 5.25. The van der Waals surface area contributed by atoms with Gasteiger partial charge in [-0.25, -0.2) is 0 Å². The molecule has 0 heterocycles. The fourth-order valence-corrected chi connectivity index (χ4v) is 0.717. The van der Waals surface area contributed by atoms with Gasteiger partial charge in [-0.15, -0.1) is 0 Å². The molecule has 7 heteroatoms. The molecule has 0 spiro atoms. The minimum atomic E-state index is -4.24. The summed E-state index contributed by atoms with van der Waals surface area (Å²) in [6, 6.07) is -0.765. The van der Waals surface area contributed by atoms with Gasteiger partial charge in [0.25, 0.3) is 0 Å². The van der Waals surface area contributed by atoms with Gasteiger partial charge in [0.2, 0.25) is 5.91 Å². The smallest absolute Gasteiger partial charge is 0.341 e. The van der Waals surface area contributed by atoms with Crippen LogP contribution in [0, 0.1) is 0 Å². The molecule has 0 aliphatic rings. The van der Waals surface area contributed by atoms with Crippen molar-refractivity contribution in [1.29, 1.82) is 0 Å². The van der Waals surface area contributed by atoms with Crippen LogP contribution in [0.5, 0.6) is 0 Å². The van der Waals surface area contributed by atoms with Crippen LogP contribution in [0.25, 0.3) is 0 Å². The molecule has 0 aromatic carbocycles. The van der Waals surface area contributed by atoms with Crippen LogP contribution in [0.1, 0.15) is 13.8 Å². The van der Waals surface area contributed by atoms with E-state index in [0.717, 1.165) is 0 Å². The Morgan fingerprint density at radius 3 is 2.17 bits per heavy atom. The molecule has 72 valence electrons. The number of carbonyl (C=O) groups is 1. The van der Waals surface area contributed by atoms with E-state index in [1.807, 2.05) is 0 Å². The third kappa shape index (κ3) is 3.82. The van der Waals surface area contributed by atoms with Gasteiger partial charge in [-0.2, -0.15) is 0 Å². The third-order valence-electron chi connectivity index (χ3n) is 1.27. The molecule has 6 nitrogen and oxygen atoms in total. The highest BCUT2D eigenvalue weighted by Gasteiger charge is 2.26. The Labute approximate surface area is 70.3 Å². The molecule has 0 fully saturated rings. The molecule has 0 aliphatic carbocycles. The third-order valence-corrected chi connectivity index (χ3v) is 2.41. The van der Waals surface area contributed by atoms with Crippen molar-refractivity contribution in [3.05, 3.63) is 0 Å². The van der Waals surface area contributed by atoms with Gasteiger partial charge in [0.1, 0.15) is 5.78 Å². The Kier molecular flexibility index (Phi) is 3.86. The van der Waals surface area contributed by atoms with E-state index in [9.17, 15) is 9.36 Å². The number of amides is 1. The van der Waals surface area contributed by atoms with E-state index < -0.39 is 25.3 Å². The first-order valence-corrected chi connectivity index (χ1v) is 5.04. The first-order valence-electron chi connectivity index (χ1n) is 3.36. The molecule has 0 rings (SSSR count). The Morgan fingerprint density at radius 2 is 1.92 bits per heavy atom. The molecule has 0 aromatic heterocycles.